The molecule has 1 atom stereocenters. The summed E-state index contributed by atoms with van der Waals surface area (Å²) in [5.41, 5.74) is 3.63. The lowest BCUT2D eigenvalue weighted by Crippen LogP contribution is -2.39. The Morgan fingerprint density at radius 3 is 2.62 bits per heavy atom. The van der Waals surface area contributed by atoms with E-state index in [4.69, 9.17) is 4.74 Å². The first-order chi connectivity index (χ1) is 15.5. The molecule has 1 amide bonds. The molecule has 32 heavy (non-hydrogen) atoms. The molecular formula is C27H33N3O2. The minimum absolute atomic E-state index is 0.0933. The lowest BCUT2D eigenvalue weighted by atomic mass is 9.90. The molecule has 1 aliphatic rings. The first kappa shape index (κ1) is 23.4. The van der Waals surface area contributed by atoms with Crippen LogP contribution >= 0.6 is 0 Å². The molecule has 1 unspecified atom stereocenters. The predicted molar refractivity (Wildman–Crippen MR) is 127 cm³/mol. The highest BCUT2D eigenvalue weighted by molar-refractivity contribution is 5.97. The molecule has 0 radical (unpaired) electrons. The fraction of sp³-hybridized carbons (Fsp3) is 0.407. The van der Waals surface area contributed by atoms with E-state index >= 15 is 0 Å². The van der Waals surface area contributed by atoms with E-state index in [1.54, 1.807) is 11.1 Å². The highest BCUT2D eigenvalue weighted by Crippen LogP contribution is 2.27. The molecule has 0 bridgehead atoms. The molecule has 168 valence electrons. The fourth-order valence-electron chi connectivity index (χ4n) is 4.19. The summed E-state index contributed by atoms with van der Waals surface area (Å²) < 4.78 is 5.74. The van der Waals surface area contributed by atoms with Crippen molar-refractivity contribution in [3.8, 4) is 11.8 Å². The second-order valence-corrected chi connectivity index (χ2v) is 8.46. The highest BCUT2D eigenvalue weighted by Gasteiger charge is 2.25. The van der Waals surface area contributed by atoms with Crippen molar-refractivity contribution in [2.75, 3.05) is 19.7 Å². The predicted octanol–water partition coefficient (Wildman–Crippen LogP) is 4.93. The highest BCUT2D eigenvalue weighted by atomic mass is 16.5. The van der Waals surface area contributed by atoms with Gasteiger partial charge in [0.2, 0.25) is 0 Å². The number of carbonyl (C=O) groups is 1. The molecule has 1 N–H and O–H groups in total. The quantitative estimate of drug-likeness (QED) is 0.475. The van der Waals surface area contributed by atoms with E-state index in [-0.39, 0.29) is 17.5 Å². The summed E-state index contributed by atoms with van der Waals surface area (Å²) in [5, 5.41) is 12.8. The van der Waals surface area contributed by atoms with Gasteiger partial charge in [-0.1, -0.05) is 48.0 Å². The number of carbonyl (C=O) groups excluding carboxylic acids is 1. The molecule has 2 aromatic rings. The minimum Gasteiger partial charge on any atom is -0.494 e. The van der Waals surface area contributed by atoms with Crippen LogP contribution in [0.4, 0.5) is 0 Å². The molecule has 5 nitrogen and oxygen atoms in total. The Morgan fingerprint density at radius 1 is 1.25 bits per heavy atom. The van der Waals surface area contributed by atoms with Gasteiger partial charge in [0.15, 0.2) is 0 Å². The summed E-state index contributed by atoms with van der Waals surface area (Å²) in [6.07, 6.45) is 4.52. The third-order valence-electron chi connectivity index (χ3n) is 6.03. The van der Waals surface area contributed by atoms with Gasteiger partial charge in [0.25, 0.3) is 5.91 Å². The second-order valence-electron chi connectivity index (χ2n) is 8.46. The van der Waals surface area contributed by atoms with Crippen molar-refractivity contribution in [3.05, 3.63) is 77.0 Å². The molecule has 0 spiro atoms. The van der Waals surface area contributed by atoms with Crippen molar-refractivity contribution in [2.45, 2.75) is 46.1 Å². The molecule has 0 aromatic heterocycles. The number of piperidine rings is 1. The molecule has 0 aliphatic carbocycles. The Bertz CT molecular complexity index is 970. The van der Waals surface area contributed by atoms with Crippen LogP contribution in [0, 0.1) is 24.2 Å². The summed E-state index contributed by atoms with van der Waals surface area (Å²) in [6, 6.07) is 18.5. The van der Waals surface area contributed by atoms with E-state index in [1.165, 1.54) is 5.56 Å². The van der Waals surface area contributed by atoms with Crippen molar-refractivity contribution in [3.63, 3.8) is 0 Å². The molecule has 1 heterocycles. The SMILES string of the molecule is CCOc1ccc(C)cc1C(C)N/C=C(/C#N)C(=O)N1CCC(Cc2ccccc2)CC1. The van der Waals surface area contributed by atoms with Gasteiger partial charge in [0.1, 0.15) is 17.4 Å². The third kappa shape index (κ3) is 6.13. The maximum absolute atomic E-state index is 12.9. The number of hydrogen-bond acceptors (Lipinski definition) is 4. The summed E-state index contributed by atoms with van der Waals surface area (Å²) in [5.74, 6) is 1.20. The first-order valence-corrected chi connectivity index (χ1v) is 11.4. The minimum atomic E-state index is -0.195. The molecule has 2 aromatic carbocycles. The Balaban J connectivity index is 1.59. The van der Waals surface area contributed by atoms with Crippen molar-refractivity contribution in [2.24, 2.45) is 5.92 Å². The van der Waals surface area contributed by atoms with Crippen LogP contribution < -0.4 is 10.1 Å². The number of nitrogens with zero attached hydrogens (tertiary/aromatic N) is 2. The van der Waals surface area contributed by atoms with Crippen molar-refractivity contribution in [1.82, 2.24) is 10.2 Å². The summed E-state index contributed by atoms with van der Waals surface area (Å²) in [6.45, 7) is 7.96. The zero-order chi connectivity index (χ0) is 22.9. The third-order valence-corrected chi connectivity index (χ3v) is 6.03. The van der Waals surface area contributed by atoms with Gasteiger partial charge in [-0.15, -0.1) is 0 Å². The number of likely N-dealkylation sites (tertiary alicyclic amines) is 1. The van der Waals surface area contributed by atoms with E-state index in [1.807, 2.05) is 39.0 Å². The van der Waals surface area contributed by atoms with Gasteiger partial charge in [-0.2, -0.15) is 5.26 Å². The Morgan fingerprint density at radius 2 is 1.97 bits per heavy atom. The van der Waals surface area contributed by atoms with E-state index in [0.717, 1.165) is 36.1 Å². The average molecular weight is 432 g/mol. The van der Waals surface area contributed by atoms with Crippen LogP contribution in [-0.2, 0) is 11.2 Å². The van der Waals surface area contributed by atoms with Crippen LogP contribution in [0.5, 0.6) is 5.75 Å². The van der Waals surface area contributed by atoms with Gasteiger partial charge in [-0.3, -0.25) is 4.79 Å². The number of nitriles is 1. The number of aryl methyl sites for hydroxylation is 1. The molecule has 1 aliphatic heterocycles. The monoisotopic (exact) mass is 431 g/mol. The summed E-state index contributed by atoms with van der Waals surface area (Å²) in [7, 11) is 0. The number of ether oxygens (including phenoxy) is 1. The van der Waals surface area contributed by atoms with Gasteiger partial charge >= 0.3 is 0 Å². The van der Waals surface area contributed by atoms with Crippen LogP contribution in [-0.4, -0.2) is 30.5 Å². The molecule has 5 heteroatoms. The zero-order valence-corrected chi connectivity index (χ0v) is 19.3. The fourth-order valence-corrected chi connectivity index (χ4v) is 4.19. The Hall–Kier alpha value is -3.26. The summed E-state index contributed by atoms with van der Waals surface area (Å²) >= 11 is 0. The molecule has 3 rings (SSSR count). The van der Waals surface area contributed by atoms with Gasteiger partial charge < -0.3 is 15.0 Å². The number of hydrogen-bond donors (Lipinski definition) is 1. The normalized spacial score (nSPS) is 15.7. The van der Waals surface area contributed by atoms with Crippen molar-refractivity contribution in [1.29, 1.82) is 5.26 Å². The lowest BCUT2D eigenvalue weighted by molar-refractivity contribution is -0.128. The van der Waals surface area contributed by atoms with Crippen LogP contribution in [0.2, 0.25) is 0 Å². The van der Waals surface area contributed by atoms with Crippen molar-refractivity contribution < 1.29 is 9.53 Å². The number of benzene rings is 2. The van der Waals surface area contributed by atoms with Crippen LogP contribution in [0.1, 0.15) is 49.4 Å². The number of rotatable bonds is 8. The second kappa shape index (κ2) is 11.4. The molecular weight excluding hydrogens is 398 g/mol. The Kier molecular flexibility index (Phi) is 8.33. The first-order valence-electron chi connectivity index (χ1n) is 11.4. The molecule has 1 saturated heterocycles. The van der Waals surface area contributed by atoms with Gasteiger partial charge in [0, 0.05) is 24.9 Å². The zero-order valence-electron chi connectivity index (χ0n) is 19.3. The van der Waals surface area contributed by atoms with E-state index in [0.29, 0.717) is 25.6 Å². The lowest BCUT2D eigenvalue weighted by Gasteiger charge is -2.32. The smallest absolute Gasteiger partial charge is 0.265 e. The summed E-state index contributed by atoms with van der Waals surface area (Å²) in [4.78, 5) is 14.7. The standard InChI is InChI=1S/C27H33N3O2/c1-4-32-26-11-10-20(2)16-25(26)21(3)29-19-24(18-28)27(31)30-14-12-23(13-15-30)17-22-8-6-5-7-9-22/h5-11,16,19,21,23,29H,4,12-15,17H2,1-3H3/b24-19-. The Labute approximate surface area is 191 Å². The maximum Gasteiger partial charge on any atom is 0.265 e. The van der Waals surface area contributed by atoms with E-state index in [9.17, 15) is 10.1 Å². The van der Waals surface area contributed by atoms with Crippen LogP contribution in [0.3, 0.4) is 0 Å². The van der Waals surface area contributed by atoms with Gasteiger partial charge in [-0.05, 0) is 57.6 Å². The molecule has 0 saturated carbocycles. The maximum atomic E-state index is 12.9. The van der Waals surface area contributed by atoms with Gasteiger partial charge in [-0.25, -0.2) is 0 Å². The van der Waals surface area contributed by atoms with Crippen LogP contribution in [0.25, 0.3) is 0 Å². The average Bonchev–Trinajstić information content (AvgIpc) is 2.81. The van der Waals surface area contributed by atoms with E-state index in [2.05, 4.69) is 41.7 Å². The number of nitrogens with one attached hydrogen (secondary N) is 1. The van der Waals surface area contributed by atoms with E-state index < -0.39 is 0 Å². The molecule has 1 fully saturated rings. The van der Waals surface area contributed by atoms with Crippen LogP contribution in [0.15, 0.2) is 60.3 Å². The number of amides is 1. The topological polar surface area (TPSA) is 65.4 Å². The largest absolute Gasteiger partial charge is 0.494 e. The van der Waals surface area contributed by atoms with Gasteiger partial charge in [0.05, 0.1) is 12.6 Å². The van der Waals surface area contributed by atoms with Crippen molar-refractivity contribution >= 4 is 5.91 Å².